The number of halogens is 1. The number of hydrogen-bond donors (Lipinski definition) is 1. The minimum absolute atomic E-state index is 0.0622. The van der Waals surface area contributed by atoms with E-state index < -0.39 is 0 Å². The van der Waals surface area contributed by atoms with Gasteiger partial charge in [-0.25, -0.2) is 0 Å². The fraction of sp³-hybridized carbons (Fsp3) is 0.533. The highest BCUT2D eigenvalue weighted by atomic mass is 79.9. The zero-order valence-electron chi connectivity index (χ0n) is 12.9. The van der Waals surface area contributed by atoms with Gasteiger partial charge in [-0.05, 0) is 40.9 Å². The van der Waals surface area contributed by atoms with Crippen LogP contribution < -0.4 is 5.32 Å². The first kappa shape index (κ1) is 16.6. The maximum Gasteiger partial charge on any atom is 0.230 e. The number of amides is 1. The predicted molar refractivity (Wildman–Crippen MR) is 92.1 cm³/mol. The van der Waals surface area contributed by atoms with E-state index in [4.69, 9.17) is 4.42 Å². The largest absolute Gasteiger partial charge is 0.446 e. The number of hydrogen-bond acceptors (Lipinski definition) is 5. The Morgan fingerprint density at radius 3 is 2.87 bits per heavy atom. The third kappa shape index (κ3) is 4.17. The summed E-state index contributed by atoms with van der Waals surface area (Å²) < 4.78 is 7.98. The highest BCUT2D eigenvalue weighted by Crippen LogP contribution is 2.26. The molecule has 2 aromatic rings. The van der Waals surface area contributed by atoms with Crippen molar-refractivity contribution in [2.45, 2.75) is 43.3 Å². The number of aromatic nitrogens is 3. The van der Waals surface area contributed by atoms with Gasteiger partial charge in [0.2, 0.25) is 5.91 Å². The third-order valence-corrected chi connectivity index (χ3v) is 5.38. The van der Waals surface area contributed by atoms with Crippen molar-refractivity contribution < 1.29 is 9.21 Å². The highest BCUT2D eigenvalue weighted by molar-refractivity contribution is 9.10. The Hall–Kier alpha value is -1.28. The van der Waals surface area contributed by atoms with Crippen LogP contribution in [-0.2, 0) is 11.8 Å². The summed E-state index contributed by atoms with van der Waals surface area (Å²) in [6, 6.07) is 3.99. The molecule has 2 aromatic heterocycles. The van der Waals surface area contributed by atoms with E-state index in [9.17, 15) is 4.79 Å². The van der Waals surface area contributed by atoms with Gasteiger partial charge in [-0.3, -0.25) is 4.79 Å². The van der Waals surface area contributed by atoms with E-state index in [0.717, 1.165) is 12.8 Å². The molecule has 8 heteroatoms. The smallest absolute Gasteiger partial charge is 0.230 e. The molecule has 1 N–H and O–H groups in total. The van der Waals surface area contributed by atoms with E-state index >= 15 is 0 Å². The number of nitrogens with zero attached hydrogens (tertiary/aromatic N) is 3. The van der Waals surface area contributed by atoms with E-state index in [1.54, 1.807) is 0 Å². The van der Waals surface area contributed by atoms with Crippen molar-refractivity contribution in [3.05, 3.63) is 16.8 Å². The van der Waals surface area contributed by atoms with Gasteiger partial charge in [0, 0.05) is 13.1 Å². The van der Waals surface area contributed by atoms with Crippen LogP contribution in [-0.4, -0.2) is 32.5 Å². The Labute approximate surface area is 147 Å². The molecule has 0 radical (unpaired) electrons. The second kappa shape index (κ2) is 7.53. The minimum atomic E-state index is 0.0622. The number of thioether (sulfide) groups is 1. The Kier molecular flexibility index (Phi) is 5.42. The molecule has 6 nitrogen and oxygen atoms in total. The quantitative estimate of drug-likeness (QED) is 0.781. The van der Waals surface area contributed by atoms with Crippen molar-refractivity contribution in [1.29, 1.82) is 0 Å². The lowest BCUT2D eigenvalue weighted by Crippen LogP contribution is -2.37. The molecule has 0 aromatic carbocycles. The summed E-state index contributed by atoms with van der Waals surface area (Å²) >= 11 is 4.67. The van der Waals surface area contributed by atoms with E-state index in [1.807, 2.05) is 23.7 Å². The summed E-state index contributed by atoms with van der Waals surface area (Å²) in [5, 5.41) is 12.1. The molecule has 1 amide bonds. The third-order valence-electron chi connectivity index (χ3n) is 3.93. The maximum absolute atomic E-state index is 12.1. The monoisotopic (exact) mass is 398 g/mol. The molecular weight excluding hydrogens is 380 g/mol. The SMILES string of the molecule is Cn1c(SCC(=O)NC2CCCCC2)nnc1-c1ccc(Br)o1. The highest BCUT2D eigenvalue weighted by Gasteiger charge is 2.18. The van der Waals surface area contributed by atoms with Crippen molar-refractivity contribution in [2.24, 2.45) is 7.05 Å². The molecule has 0 aliphatic heterocycles. The van der Waals surface area contributed by atoms with Gasteiger partial charge in [-0.1, -0.05) is 31.0 Å². The lowest BCUT2D eigenvalue weighted by Gasteiger charge is -2.22. The molecule has 124 valence electrons. The van der Waals surface area contributed by atoms with E-state index in [0.29, 0.717) is 33.2 Å². The molecule has 1 aliphatic rings. The summed E-state index contributed by atoms with van der Waals surface area (Å²) in [6.45, 7) is 0. The van der Waals surface area contributed by atoms with Crippen LogP contribution in [0.1, 0.15) is 32.1 Å². The van der Waals surface area contributed by atoms with Gasteiger partial charge < -0.3 is 14.3 Å². The zero-order chi connectivity index (χ0) is 16.2. The van der Waals surface area contributed by atoms with Gasteiger partial charge in [-0.2, -0.15) is 0 Å². The number of rotatable bonds is 5. The molecule has 0 bridgehead atoms. The molecule has 2 heterocycles. The predicted octanol–water partition coefficient (Wildman–Crippen LogP) is 3.38. The molecule has 23 heavy (non-hydrogen) atoms. The molecule has 0 unspecified atom stereocenters. The normalized spacial score (nSPS) is 15.7. The molecule has 0 saturated heterocycles. The second-order valence-electron chi connectivity index (χ2n) is 5.66. The average Bonchev–Trinajstić information content (AvgIpc) is 3.12. The van der Waals surface area contributed by atoms with Gasteiger partial charge in [-0.15, -0.1) is 10.2 Å². The molecule has 0 spiro atoms. The van der Waals surface area contributed by atoms with Crippen molar-refractivity contribution in [1.82, 2.24) is 20.1 Å². The number of furan rings is 1. The summed E-state index contributed by atoms with van der Waals surface area (Å²) in [5.74, 6) is 1.70. The van der Waals surface area contributed by atoms with Gasteiger partial charge in [0.05, 0.1) is 5.75 Å². The first-order chi connectivity index (χ1) is 11.1. The van der Waals surface area contributed by atoms with E-state index in [-0.39, 0.29) is 5.91 Å². The fourth-order valence-corrected chi connectivity index (χ4v) is 3.76. The van der Waals surface area contributed by atoms with E-state index in [1.165, 1.54) is 31.0 Å². The van der Waals surface area contributed by atoms with Crippen LogP contribution in [0.2, 0.25) is 0 Å². The van der Waals surface area contributed by atoms with Crippen LogP contribution in [0.3, 0.4) is 0 Å². The molecular formula is C15H19BrN4O2S. The lowest BCUT2D eigenvalue weighted by atomic mass is 9.95. The Morgan fingerprint density at radius 1 is 1.39 bits per heavy atom. The summed E-state index contributed by atoms with van der Waals surface area (Å²) in [5.41, 5.74) is 0. The lowest BCUT2D eigenvalue weighted by molar-refractivity contribution is -0.119. The van der Waals surface area contributed by atoms with Gasteiger partial charge in [0.25, 0.3) is 0 Å². The second-order valence-corrected chi connectivity index (χ2v) is 7.38. The fourth-order valence-electron chi connectivity index (χ4n) is 2.74. The van der Waals surface area contributed by atoms with Crippen molar-refractivity contribution >= 4 is 33.6 Å². The summed E-state index contributed by atoms with van der Waals surface area (Å²) in [6.07, 6.45) is 5.90. The number of carbonyl (C=O) groups is 1. The average molecular weight is 399 g/mol. The summed E-state index contributed by atoms with van der Waals surface area (Å²) in [4.78, 5) is 12.1. The Morgan fingerprint density at radius 2 is 2.17 bits per heavy atom. The molecule has 1 saturated carbocycles. The molecule has 0 atom stereocenters. The molecule has 1 fully saturated rings. The van der Waals surface area contributed by atoms with Crippen LogP contribution in [0.4, 0.5) is 0 Å². The standard InChI is InChI=1S/C15H19BrN4O2S/c1-20-14(11-7-8-12(16)22-11)18-19-15(20)23-9-13(21)17-10-5-3-2-4-6-10/h7-8,10H,2-6,9H2,1H3,(H,17,21). The molecule has 3 rings (SSSR count). The summed E-state index contributed by atoms with van der Waals surface area (Å²) in [7, 11) is 1.87. The Balaban J connectivity index is 1.56. The maximum atomic E-state index is 12.1. The number of nitrogens with one attached hydrogen (secondary N) is 1. The van der Waals surface area contributed by atoms with Crippen molar-refractivity contribution in [2.75, 3.05) is 5.75 Å². The van der Waals surface area contributed by atoms with Crippen LogP contribution in [0.15, 0.2) is 26.4 Å². The minimum Gasteiger partial charge on any atom is -0.446 e. The first-order valence-electron chi connectivity index (χ1n) is 7.71. The molecule has 1 aliphatic carbocycles. The topological polar surface area (TPSA) is 73.0 Å². The van der Waals surface area contributed by atoms with Crippen molar-refractivity contribution in [3.8, 4) is 11.6 Å². The van der Waals surface area contributed by atoms with E-state index in [2.05, 4.69) is 31.4 Å². The van der Waals surface area contributed by atoms with Gasteiger partial charge >= 0.3 is 0 Å². The van der Waals surface area contributed by atoms with Crippen LogP contribution >= 0.6 is 27.7 Å². The van der Waals surface area contributed by atoms with Crippen molar-refractivity contribution in [3.63, 3.8) is 0 Å². The first-order valence-corrected chi connectivity index (χ1v) is 9.48. The van der Waals surface area contributed by atoms with Gasteiger partial charge in [0.1, 0.15) is 0 Å². The number of carbonyl (C=O) groups excluding carboxylic acids is 1. The zero-order valence-corrected chi connectivity index (χ0v) is 15.3. The van der Waals surface area contributed by atoms with Gasteiger partial charge in [0.15, 0.2) is 21.4 Å². The Bertz CT molecular complexity index is 679. The van der Waals surface area contributed by atoms with Crippen LogP contribution in [0.5, 0.6) is 0 Å². The van der Waals surface area contributed by atoms with Crippen LogP contribution in [0.25, 0.3) is 11.6 Å². The van der Waals surface area contributed by atoms with Crippen LogP contribution in [0, 0.1) is 0 Å².